The van der Waals surface area contributed by atoms with E-state index in [1.807, 2.05) is 31.4 Å². The van der Waals surface area contributed by atoms with Crippen LogP contribution in [0.5, 0.6) is 11.5 Å². The summed E-state index contributed by atoms with van der Waals surface area (Å²) in [6, 6.07) is 5.93. The van der Waals surface area contributed by atoms with Gasteiger partial charge in [0.2, 0.25) is 0 Å². The average molecular weight is 261 g/mol. The summed E-state index contributed by atoms with van der Waals surface area (Å²) in [5, 5.41) is 2.98. The van der Waals surface area contributed by atoms with Crippen LogP contribution in [0.1, 0.15) is 11.3 Å². The van der Waals surface area contributed by atoms with Crippen molar-refractivity contribution in [2.75, 3.05) is 26.6 Å². The molecule has 0 unspecified atom stereocenters. The maximum atomic E-state index is 5.26. The van der Waals surface area contributed by atoms with E-state index in [0.717, 1.165) is 36.0 Å². The van der Waals surface area contributed by atoms with Crippen molar-refractivity contribution in [3.63, 3.8) is 0 Å². The number of imidazole rings is 1. The van der Waals surface area contributed by atoms with Gasteiger partial charge in [-0.05, 0) is 30.5 Å². The van der Waals surface area contributed by atoms with Crippen molar-refractivity contribution < 1.29 is 9.47 Å². The van der Waals surface area contributed by atoms with E-state index in [9.17, 15) is 0 Å². The number of nitrogens with one attached hydrogen (secondary N) is 2. The number of methoxy groups -OCH3 is 2. The standard InChI is InChI=1S/C14H19N3O2/c1-15-14-16-9-11(17-14)5-4-10-6-12(18-2)8-13(7-10)19-3/h6-9H,4-5H2,1-3H3,(H2,15,16,17). The SMILES string of the molecule is CNc1ncc(CCc2cc(OC)cc(OC)c2)[nH]1. The molecule has 2 N–H and O–H groups in total. The van der Waals surface area contributed by atoms with Gasteiger partial charge in [-0.1, -0.05) is 0 Å². The molecule has 102 valence electrons. The van der Waals surface area contributed by atoms with Gasteiger partial charge in [0.15, 0.2) is 5.95 Å². The van der Waals surface area contributed by atoms with Crippen LogP contribution in [-0.4, -0.2) is 31.2 Å². The summed E-state index contributed by atoms with van der Waals surface area (Å²) in [6.45, 7) is 0. The highest BCUT2D eigenvalue weighted by Crippen LogP contribution is 2.23. The molecular weight excluding hydrogens is 242 g/mol. The molecule has 0 aliphatic heterocycles. The molecule has 0 aliphatic rings. The number of anilines is 1. The van der Waals surface area contributed by atoms with Crippen molar-refractivity contribution in [3.8, 4) is 11.5 Å². The minimum atomic E-state index is 0.790. The van der Waals surface area contributed by atoms with Gasteiger partial charge in [-0.15, -0.1) is 0 Å². The molecule has 1 aromatic carbocycles. The molecule has 0 atom stereocenters. The second-order valence-corrected chi connectivity index (χ2v) is 4.23. The van der Waals surface area contributed by atoms with Crippen molar-refractivity contribution in [2.45, 2.75) is 12.8 Å². The first-order valence-electron chi connectivity index (χ1n) is 6.18. The lowest BCUT2D eigenvalue weighted by molar-refractivity contribution is 0.393. The predicted octanol–water partition coefficient (Wildman–Crippen LogP) is 2.25. The van der Waals surface area contributed by atoms with E-state index in [2.05, 4.69) is 15.3 Å². The number of rotatable bonds is 6. The Bertz CT molecular complexity index is 515. The zero-order chi connectivity index (χ0) is 13.7. The Labute approximate surface area is 113 Å². The van der Waals surface area contributed by atoms with E-state index in [1.54, 1.807) is 14.2 Å². The number of aromatic nitrogens is 2. The van der Waals surface area contributed by atoms with Crippen molar-refractivity contribution in [3.05, 3.63) is 35.7 Å². The summed E-state index contributed by atoms with van der Waals surface area (Å²) in [5.74, 6) is 2.42. The smallest absolute Gasteiger partial charge is 0.200 e. The van der Waals surface area contributed by atoms with E-state index in [-0.39, 0.29) is 0 Å². The molecule has 19 heavy (non-hydrogen) atoms. The van der Waals surface area contributed by atoms with Gasteiger partial charge in [0.05, 0.1) is 20.4 Å². The fourth-order valence-corrected chi connectivity index (χ4v) is 1.90. The highest BCUT2D eigenvalue weighted by Gasteiger charge is 2.04. The summed E-state index contributed by atoms with van der Waals surface area (Å²) in [5.41, 5.74) is 2.28. The number of H-pyrrole nitrogens is 1. The molecule has 0 saturated carbocycles. The van der Waals surface area contributed by atoms with Crippen LogP contribution in [0, 0.1) is 0 Å². The summed E-state index contributed by atoms with van der Waals surface area (Å²) in [6.07, 6.45) is 3.65. The van der Waals surface area contributed by atoms with Gasteiger partial charge in [0.25, 0.3) is 0 Å². The van der Waals surface area contributed by atoms with Crippen LogP contribution in [0.2, 0.25) is 0 Å². The minimum absolute atomic E-state index is 0.790. The van der Waals surface area contributed by atoms with Crippen LogP contribution in [0.15, 0.2) is 24.4 Å². The second-order valence-electron chi connectivity index (χ2n) is 4.23. The molecule has 0 aliphatic carbocycles. The molecule has 0 radical (unpaired) electrons. The Morgan fingerprint density at radius 2 is 1.79 bits per heavy atom. The Morgan fingerprint density at radius 3 is 2.32 bits per heavy atom. The van der Waals surface area contributed by atoms with Gasteiger partial charge < -0.3 is 19.8 Å². The zero-order valence-electron chi connectivity index (χ0n) is 11.5. The highest BCUT2D eigenvalue weighted by molar-refractivity contribution is 5.38. The lowest BCUT2D eigenvalue weighted by Crippen LogP contribution is -1.95. The van der Waals surface area contributed by atoms with Gasteiger partial charge in [-0.3, -0.25) is 0 Å². The number of nitrogens with zero attached hydrogens (tertiary/aromatic N) is 1. The second kappa shape index (κ2) is 6.13. The molecule has 0 amide bonds. The zero-order valence-corrected chi connectivity index (χ0v) is 11.5. The average Bonchev–Trinajstić information content (AvgIpc) is 2.92. The third-order valence-corrected chi connectivity index (χ3v) is 2.96. The molecular formula is C14H19N3O2. The van der Waals surface area contributed by atoms with Crippen molar-refractivity contribution in [2.24, 2.45) is 0 Å². The first-order chi connectivity index (χ1) is 9.25. The lowest BCUT2D eigenvalue weighted by atomic mass is 10.1. The monoisotopic (exact) mass is 261 g/mol. The van der Waals surface area contributed by atoms with E-state index in [0.29, 0.717) is 0 Å². The van der Waals surface area contributed by atoms with Crippen LogP contribution in [0.3, 0.4) is 0 Å². The number of hydrogen-bond acceptors (Lipinski definition) is 4. The van der Waals surface area contributed by atoms with Crippen molar-refractivity contribution in [1.82, 2.24) is 9.97 Å². The lowest BCUT2D eigenvalue weighted by Gasteiger charge is -2.08. The first kappa shape index (κ1) is 13.3. The van der Waals surface area contributed by atoms with Crippen LogP contribution in [0.4, 0.5) is 5.95 Å². The van der Waals surface area contributed by atoms with Gasteiger partial charge in [-0.25, -0.2) is 4.98 Å². The molecule has 1 aromatic heterocycles. The molecule has 0 spiro atoms. The highest BCUT2D eigenvalue weighted by atomic mass is 16.5. The first-order valence-corrected chi connectivity index (χ1v) is 6.18. The van der Waals surface area contributed by atoms with E-state index < -0.39 is 0 Å². The maximum Gasteiger partial charge on any atom is 0.200 e. The normalized spacial score (nSPS) is 10.3. The molecule has 5 nitrogen and oxygen atoms in total. The fourth-order valence-electron chi connectivity index (χ4n) is 1.90. The Balaban J connectivity index is 2.05. The van der Waals surface area contributed by atoms with Crippen molar-refractivity contribution >= 4 is 5.95 Å². The molecule has 2 aromatic rings. The van der Waals surface area contributed by atoms with Gasteiger partial charge in [-0.2, -0.15) is 0 Å². The Morgan fingerprint density at radius 1 is 1.11 bits per heavy atom. The topological polar surface area (TPSA) is 59.2 Å². The summed E-state index contributed by atoms with van der Waals surface area (Å²) < 4.78 is 10.5. The van der Waals surface area contributed by atoms with E-state index in [1.165, 1.54) is 5.56 Å². The fraction of sp³-hybridized carbons (Fsp3) is 0.357. The van der Waals surface area contributed by atoms with Crippen LogP contribution < -0.4 is 14.8 Å². The maximum absolute atomic E-state index is 5.26. The molecule has 1 heterocycles. The van der Waals surface area contributed by atoms with Gasteiger partial charge in [0, 0.05) is 18.8 Å². The third kappa shape index (κ3) is 3.40. The summed E-state index contributed by atoms with van der Waals surface area (Å²) in [4.78, 5) is 7.40. The van der Waals surface area contributed by atoms with Gasteiger partial charge >= 0.3 is 0 Å². The number of benzene rings is 1. The third-order valence-electron chi connectivity index (χ3n) is 2.96. The van der Waals surface area contributed by atoms with E-state index in [4.69, 9.17) is 9.47 Å². The number of ether oxygens (including phenoxy) is 2. The molecule has 0 bridgehead atoms. The number of hydrogen-bond donors (Lipinski definition) is 2. The largest absolute Gasteiger partial charge is 0.497 e. The summed E-state index contributed by atoms with van der Waals surface area (Å²) >= 11 is 0. The quantitative estimate of drug-likeness (QED) is 0.837. The van der Waals surface area contributed by atoms with Crippen LogP contribution >= 0.6 is 0 Å². The van der Waals surface area contributed by atoms with Crippen LogP contribution in [-0.2, 0) is 12.8 Å². The predicted molar refractivity (Wildman–Crippen MR) is 75.1 cm³/mol. The number of aryl methyl sites for hydroxylation is 2. The number of aromatic amines is 1. The van der Waals surface area contributed by atoms with Crippen LogP contribution in [0.25, 0.3) is 0 Å². The Hall–Kier alpha value is -2.17. The van der Waals surface area contributed by atoms with E-state index >= 15 is 0 Å². The minimum Gasteiger partial charge on any atom is -0.497 e. The molecule has 0 fully saturated rings. The Kier molecular flexibility index (Phi) is 4.28. The molecule has 2 rings (SSSR count). The summed E-state index contributed by atoms with van der Waals surface area (Å²) in [7, 11) is 5.16. The van der Waals surface area contributed by atoms with Crippen molar-refractivity contribution in [1.29, 1.82) is 0 Å². The molecule has 0 saturated heterocycles. The molecule has 5 heteroatoms. The van der Waals surface area contributed by atoms with Gasteiger partial charge in [0.1, 0.15) is 11.5 Å².